The van der Waals surface area contributed by atoms with Crippen molar-refractivity contribution in [3.63, 3.8) is 0 Å². The number of rotatable bonds is 9. The van der Waals surface area contributed by atoms with E-state index in [-0.39, 0.29) is 24.0 Å². The van der Waals surface area contributed by atoms with Gasteiger partial charge in [-0.15, -0.1) is 24.0 Å². The summed E-state index contributed by atoms with van der Waals surface area (Å²) in [7, 11) is 1.72. The average Bonchev–Trinajstić information content (AvgIpc) is 2.69. The third kappa shape index (κ3) is 8.13. The molecule has 2 rings (SSSR count). The van der Waals surface area contributed by atoms with Crippen molar-refractivity contribution in [3.8, 4) is 5.75 Å². The third-order valence-electron chi connectivity index (χ3n) is 4.94. The zero-order chi connectivity index (χ0) is 19.5. The number of morpholine rings is 1. The lowest BCUT2D eigenvalue weighted by molar-refractivity contribution is 0.00867. The van der Waals surface area contributed by atoms with Crippen LogP contribution in [0, 0.1) is 5.92 Å². The number of para-hydroxylation sites is 1. The van der Waals surface area contributed by atoms with Gasteiger partial charge in [0.25, 0.3) is 0 Å². The molecule has 6 nitrogen and oxygen atoms in total. The molecule has 1 aliphatic heterocycles. The van der Waals surface area contributed by atoms with E-state index in [9.17, 15) is 0 Å². The summed E-state index contributed by atoms with van der Waals surface area (Å²) in [5.74, 6) is 2.38. The molecule has 0 amide bonds. The number of methoxy groups -OCH3 is 1. The average molecular weight is 504 g/mol. The molecule has 2 N–H and O–H groups in total. The Hall–Kier alpha value is -1.06. The predicted molar refractivity (Wildman–Crippen MR) is 127 cm³/mol. The summed E-state index contributed by atoms with van der Waals surface area (Å²) < 4.78 is 10.9. The summed E-state index contributed by atoms with van der Waals surface area (Å²) >= 11 is 0. The first-order valence-electron chi connectivity index (χ1n) is 10.1. The standard InChI is InChI=1S/C21H36N4O2.HI/c1-5-22-21(23-11-10-18-8-6-7-9-20(18)26-4)24-16-19(17(2)3)25-12-14-27-15-13-25;/h6-9,17,19H,5,10-16H2,1-4H3,(H2,22,23,24);1H. The number of hydrogen-bond acceptors (Lipinski definition) is 4. The van der Waals surface area contributed by atoms with Crippen LogP contribution in [0.5, 0.6) is 5.75 Å². The highest BCUT2D eigenvalue weighted by Gasteiger charge is 2.23. The largest absolute Gasteiger partial charge is 0.496 e. The number of halogens is 1. The van der Waals surface area contributed by atoms with Gasteiger partial charge in [-0.05, 0) is 30.9 Å². The summed E-state index contributed by atoms with van der Waals surface area (Å²) in [4.78, 5) is 7.37. The summed E-state index contributed by atoms with van der Waals surface area (Å²) in [6.07, 6.45) is 0.894. The number of aliphatic imine (C=N–C) groups is 1. The van der Waals surface area contributed by atoms with Gasteiger partial charge in [-0.1, -0.05) is 32.0 Å². The summed E-state index contributed by atoms with van der Waals surface area (Å²) in [5.41, 5.74) is 1.21. The minimum absolute atomic E-state index is 0. The monoisotopic (exact) mass is 504 g/mol. The Bertz CT molecular complexity index is 577. The van der Waals surface area contributed by atoms with E-state index in [1.165, 1.54) is 5.56 Å². The fourth-order valence-corrected chi connectivity index (χ4v) is 3.41. The van der Waals surface area contributed by atoms with Gasteiger partial charge in [0.2, 0.25) is 0 Å². The Kier molecular flexibility index (Phi) is 12.5. The lowest BCUT2D eigenvalue weighted by Gasteiger charge is -2.36. The van der Waals surface area contributed by atoms with Crippen LogP contribution >= 0.6 is 24.0 Å². The Labute approximate surface area is 187 Å². The number of nitrogens with one attached hydrogen (secondary N) is 2. The highest BCUT2D eigenvalue weighted by Crippen LogP contribution is 2.17. The first-order chi connectivity index (χ1) is 13.2. The lowest BCUT2D eigenvalue weighted by Crippen LogP contribution is -2.48. The van der Waals surface area contributed by atoms with Crippen LogP contribution in [-0.2, 0) is 11.2 Å². The van der Waals surface area contributed by atoms with Crippen molar-refractivity contribution >= 4 is 29.9 Å². The van der Waals surface area contributed by atoms with Crippen LogP contribution in [0.4, 0.5) is 0 Å². The molecule has 1 aromatic carbocycles. The van der Waals surface area contributed by atoms with Crippen LogP contribution < -0.4 is 15.4 Å². The highest BCUT2D eigenvalue weighted by atomic mass is 127. The van der Waals surface area contributed by atoms with E-state index in [1.54, 1.807) is 7.11 Å². The molecule has 1 unspecified atom stereocenters. The normalized spacial score (nSPS) is 16.4. The molecule has 1 fully saturated rings. The predicted octanol–water partition coefficient (Wildman–Crippen LogP) is 2.77. The molecule has 0 bridgehead atoms. The van der Waals surface area contributed by atoms with Crippen LogP contribution in [0.2, 0.25) is 0 Å². The van der Waals surface area contributed by atoms with Crippen LogP contribution in [0.1, 0.15) is 26.3 Å². The number of guanidine groups is 1. The van der Waals surface area contributed by atoms with Gasteiger partial charge in [-0.25, -0.2) is 0 Å². The van der Waals surface area contributed by atoms with E-state index in [2.05, 4.69) is 42.4 Å². The quantitative estimate of drug-likeness (QED) is 0.308. The molecule has 28 heavy (non-hydrogen) atoms. The molecule has 1 saturated heterocycles. The number of benzene rings is 1. The Morgan fingerprint density at radius 1 is 1.21 bits per heavy atom. The molecule has 7 heteroatoms. The van der Waals surface area contributed by atoms with E-state index in [4.69, 9.17) is 14.5 Å². The van der Waals surface area contributed by atoms with E-state index in [1.807, 2.05) is 18.2 Å². The van der Waals surface area contributed by atoms with Gasteiger partial charge in [0.15, 0.2) is 5.96 Å². The second-order valence-electron chi connectivity index (χ2n) is 7.17. The SMILES string of the molecule is CCNC(=NCC(C(C)C)N1CCOCC1)NCCc1ccccc1OC.I. The molecular weight excluding hydrogens is 467 g/mol. The molecule has 1 atom stereocenters. The Morgan fingerprint density at radius 2 is 1.93 bits per heavy atom. The maximum atomic E-state index is 5.50. The second kappa shape index (κ2) is 14.0. The molecule has 0 spiro atoms. The number of ether oxygens (including phenoxy) is 2. The topological polar surface area (TPSA) is 58.1 Å². The van der Waals surface area contributed by atoms with Gasteiger partial charge in [-0.2, -0.15) is 0 Å². The Morgan fingerprint density at radius 3 is 2.57 bits per heavy atom. The van der Waals surface area contributed by atoms with Gasteiger partial charge in [0, 0.05) is 32.2 Å². The first kappa shape index (κ1) is 25.0. The molecule has 1 aromatic rings. The van der Waals surface area contributed by atoms with Crippen molar-refractivity contribution in [3.05, 3.63) is 29.8 Å². The van der Waals surface area contributed by atoms with Gasteiger partial charge in [0.05, 0.1) is 26.9 Å². The smallest absolute Gasteiger partial charge is 0.191 e. The third-order valence-corrected chi connectivity index (χ3v) is 4.94. The lowest BCUT2D eigenvalue weighted by atomic mass is 10.0. The van der Waals surface area contributed by atoms with Crippen LogP contribution in [0.3, 0.4) is 0 Å². The van der Waals surface area contributed by atoms with Crippen molar-refractivity contribution in [2.75, 3.05) is 53.0 Å². The molecule has 160 valence electrons. The first-order valence-corrected chi connectivity index (χ1v) is 10.1. The minimum atomic E-state index is 0. The van der Waals surface area contributed by atoms with E-state index in [0.29, 0.717) is 12.0 Å². The van der Waals surface area contributed by atoms with Crippen molar-refractivity contribution in [1.82, 2.24) is 15.5 Å². The number of nitrogens with zero attached hydrogens (tertiary/aromatic N) is 2. The zero-order valence-corrected chi connectivity index (χ0v) is 20.1. The summed E-state index contributed by atoms with van der Waals surface area (Å²) in [6.45, 7) is 12.7. The molecule has 0 saturated carbocycles. The van der Waals surface area contributed by atoms with Crippen LogP contribution in [0.25, 0.3) is 0 Å². The fraction of sp³-hybridized carbons (Fsp3) is 0.667. The second-order valence-corrected chi connectivity index (χ2v) is 7.17. The summed E-state index contributed by atoms with van der Waals surface area (Å²) in [5, 5.41) is 6.82. The van der Waals surface area contributed by atoms with E-state index >= 15 is 0 Å². The molecule has 0 aliphatic carbocycles. The van der Waals surface area contributed by atoms with Crippen LogP contribution in [-0.4, -0.2) is 69.9 Å². The van der Waals surface area contributed by atoms with Gasteiger partial charge in [0.1, 0.15) is 5.75 Å². The zero-order valence-electron chi connectivity index (χ0n) is 17.7. The van der Waals surface area contributed by atoms with Crippen LogP contribution in [0.15, 0.2) is 29.3 Å². The fourth-order valence-electron chi connectivity index (χ4n) is 3.41. The van der Waals surface area contributed by atoms with Gasteiger partial charge < -0.3 is 20.1 Å². The summed E-state index contributed by atoms with van der Waals surface area (Å²) in [6, 6.07) is 8.60. The molecular formula is C21H37IN4O2. The van der Waals surface area contributed by atoms with Gasteiger partial charge in [-0.3, -0.25) is 9.89 Å². The van der Waals surface area contributed by atoms with Crippen molar-refractivity contribution in [2.24, 2.45) is 10.9 Å². The Balaban J connectivity index is 0.00000392. The molecule has 0 aromatic heterocycles. The van der Waals surface area contributed by atoms with E-state index in [0.717, 1.165) is 64.1 Å². The maximum absolute atomic E-state index is 5.50. The number of hydrogen-bond donors (Lipinski definition) is 2. The maximum Gasteiger partial charge on any atom is 0.191 e. The van der Waals surface area contributed by atoms with Crippen molar-refractivity contribution in [1.29, 1.82) is 0 Å². The minimum Gasteiger partial charge on any atom is -0.496 e. The van der Waals surface area contributed by atoms with Gasteiger partial charge >= 0.3 is 0 Å². The van der Waals surface area contributed by atoms with Crippen molar-refractivity contribution in [2.45, 2.75) is 33.2 Å². The molecule has 1 heterocycles. The van der Waals surface area contributed by atoms with E-state index < -0.39 is 0 Å². The van der Waals surface area contributed by atoms with Crippen molar-refractivity contribution < 1.29 is 9.47 Å². The molecule has 0 radical (unpaired) electrons. The highest BCUT2D eigenvalue weighted by molar-refractivity contribution is 14.0. The molecule has 1 aliphatic rings.